The third kappa shape index (κ3) is 30.8. The summed E-state index contributed by atoms with van der Waals surface area (Å²) < 4.78 is 75.4. The number of hydrogen-bond acceptors (Lipinski definition) is 28. The Labute approximate surface area is 602 Å². The number of benzene rings is 1. The minimum Gasteiger partial charge on any atom is -0.494 e. The summed E-state index contributed by atoms with van der Waals surface area (Å²) in [7, 11) is 1.44. The molecule has 33 heteroatoms. The zero-order chi connectivity index (χ0) is 72.7. The summed E-state index contributed by atoms with van der Waals surface area (Å²) in [5.41, 5.74) is 3.51. The summed E-state index contributed by atoms with van der Waals surface area (Å²) in [6, 6.07) is 11.3. The SMILES string of the molecule is COc1cnc(-n2cnc(C(=O)NCCCN(CCCN3CCN(CCOCCOCCOCCOCc4cn(CCOCCOCCOCCOCCOCCOCCOCCOCCC(C)=O)nn4)CC3)C(CO)CO)n2)c2[nH]cc(C(=O)C(=O)N3CCC(=C(C#N)c4ccccc4)CC3)c12. The molecule has 570 valence electrons. The fourth-order valence-electron chi connectivity index (χ4n) is 11.1. The second-order valence-electron chi connectivity index (χ2n) is 24.1. The topological polar surface area (TPSA) is 368 Å². The van der Waals surface area contributed by atoms with Crippen LogP contribution in [0.15, 0.2) is 60.8 Å². The number of likely N-dealkylation sites (tertiary alicyclic amines) is 1. The first kappa shape index (κ1) is 83.1. The number of pyridine rings is 1. The van der Waals surface area contributed by atoms with Gasteiger partial charge in [0.15, 0.2) is 5.82 Å². The molecule has 6 heterocycles. The molecule has 0 aliphatic carbocycles. The first-order chi connectivity index (χ1) is 50.6. The van der Waals surface area contributed by atoms with Gasteiger partial charge in [0.05, 0.1) is 232 Å². The van der Waals surface area contributed by atoms with Crippen LogP contribution >= 0.6 is 0 Å². The maximum atomic E-state index is 13.9. The molecule has 2 fully saturated rings. The van der Waals surface area contributed by atoms with Crippen LogP contribution in [0.4, 0.5) is 0 Å². The Balaban J connectivity index is 0.631. The van der Waals surface area contributed by atoms with Gasteiger partial charge in [-0.2, -0.15) is 9.94 Å². The summed E-state index contributed by atoms with van der Waals surface area (Å²) in [4.78, 5) is 71.9. The Hall–Kier alpha value is -7.18. The van der Waals surface area contributed by atoms with Crippen molar-refractivity contribution in [2.75, 3.05) is 244 Å². The third-order valence-corrected chi connectivity index (χ3v) is 16.8. The number of aromatic nitrogens is 8. The van der Waals surface area contributed by atoms with E-state index in [0.29, 0.717) is 220 Å². The molecule has 103 heavy (non-hydrogen) atoms. The first-order valence-electron chi connectivity index (χ1n) is 35.6. The number of hydrogen-bond donors (Lipinski definition) is 4. The maximum Gasteiger partial charge on any atom is 0.295 e. The molecule has 0 saturated carbocycles. The number of H-pyrrole nitrogens is 1. The molecule has 0 unspecified atom stereocenters. The summed E-state index contributed by atoms with van der Waals surface area (Å²) in [6.07, 6.45) is 8.75. The Morgan fingerprint density at radius 2 is 1.17 bits per heavy atom. The van der Waals surface area contributed by atoms with Gasteiger partial charge < -0.3 is 91.9 Å². The monoisotopic (exact) mass is 1450 g/mol. The number of aliphatic hydroxyl groups is 2. The number of aliphatic hydroxyl groups excluding tert-OH is 2. The van der Waals surface area contributed by atoms with Crippen LogP contribution in [0.3, 0.4) is 0 Å². The van der Waals surface area contributed by atoms with Crippen molar-refractivity contribution >= 4 is 39.9 Å². The number of nitrogens with one attached hydrogen (secondary N) is 2. The van der Waals surface area contributed by atoms with Gasteiger partial charge in [-0.25, -0.2) is 14.6 Å². The van der Waals surface area contributed by atoms with Gasteiger partial charge in [0.2, 0.25) is 5.82 Å². The fourth-order valence-corrected chi connectivity index (χ4v) is 11.1. The number of nitriles is 1. The van der Waals surface area contributed by atoms with Crippen molar-refractivity contribution in [1.29, 1.82) is 5.26 Å². The van der Waals surface area contributed by atoms with E-state index >= 15 is 0 Å². The molecule has 0 atom stereocenters. The number of fused-ring (bicyclic) bond motifs is 1. The van der Waals surface area contributed by atoms with E-state index < -0.39 is 23.6 Å². The lowest BCUT2D eigenvalue weighted by Crippen LogP contribution is -2.48. The fraction of sp³-hybridized carbons (Fsp3) is 0.657. The van der Waals surface area contributed by atoms with E-state index in [-0.39, 0.29) is 61.6 Å². The number of rotatable bonds is 58. The van der Waals surface area contributed by atoms with Gasteiger partial charge in [-0.1, -0.05) is 35.5 Å². The molecule has 0 bridgehead atoms. The zero-order valence-electron chi connectivity index (χ0n) is 59.9. The van der Waals surface area contributed by atoms with Crippen molar-refractivity contribution in [3.63, 3.8) is 0 Å². The number of carbonyl (C=O) groups excluding carboxylic acids is 4. The molecule has 4 aromatic heterocycles. The molecule has 1 aromatic carbocycles. The van der Waals surface area contributed by atoms with Crippen LogP contribution in [0.25, 0.3) is 22.3 Å². The smallest absolute Gasteiger partial charge is 0.295 e. The highest BCUT2D eigenvalue weighted by Crippen LogP contribution is 2.33. The molecule has 33 nitrogen and oxygen atoms in total. The number of Topliss-reactive ketones (excluding diaryl/α,β-unsaturated/α-hetero) is 2. The van der Waals surface area contributed by atoms with E-state index in [2.05, 4.69) is 56.4 Å². The van der Waals surface area contributed by atoms with Gasteiger partial charge in [0.1, 0.15) is 23.6 Å². The minimum atomic E-state index is -0.734. The number of ketones is 2. The number of carbonyl (C=O) groups is 4. The highest BCUT2D eigenvalue weighted by Gasteiger charge is 2.31. The predicted molar refractivity (Wildman–Crippen MR) is 375 cm³/mol. The number of amides is 2. The average molecular weight is 1450 g/mol. The maximum absolute atomic E-state index is 13.9. The summed E-state index contributed by atoms with van der Waals surface area (Å²) in [6.45, 7) is 20.3. The van der Waals surface area contributed by atoms with Crippen LogP contribution in [-0.2, 0) is 79.6 Å². The zero-order valence-corrected chi connectivity index (χ0v) is 59.9. The van der Waals surface area contributed by atoms with E-state index in [1.54, 1.807) is 11.6 Å². The largest absolute Gasteiger partial charge is 0.494 e. The molecular formula is C70H106N14O19. The molecule has 2 saturated heterocycles. The van der Waals surface area contributed by atoms with Crippen molar-refractivity contribution in [2.45, 2.75) is 58.2 Å². The predicted octanol–water partition coefficient (Wildman–Crippen LogP) is 1.69. The number of ether oxygens (including phenoxy) is 13. The van der Waals surface area contributed by atoms with Crippen LogP contribution < -0.4 is 10.1 Å². The standard InChI is InChI=1S/C70H106N14O19/c1-56(87)12-25-92-28-31-95-34-36-98-38-40-100-42-43-101-41-39-99-37-35-97-33-30-94-27-24-83-51-59(76-78-83)54-103-47-46-102-45-44-96-32-29-93-26-23-80-21-19-79(20-22-80)14-7-16-81(60(52-85)53-86)15-6-13-72-69(89)67-75-55-84(77-67)68-65-64(63(91-2)50-74-68)62(49-73-65)66(88)70(90)82-17-10-58(11-18-82)61(48-71)57-8-4-3-5-9-57/h3-5,8-9,49-51,55,60,73,85-86H,6-7,10-47,52-54H2,1-2H3,(H,72,89). The van der Waals surface area contributed by atoms with E-state index in [0.717, 1.165) is 62.5 Å². The molecule has 7 rings (SSSR count). The lowest BCUT2D eigenvalue weighted by molar-refractivity contribution is -0.126. The molecule has 5 aromatic rings. The average Bonchev–Trinajstić information content (AvgIpc) is 1.63. The Bertz CT molecular complexity index is 3260. The van der Waals surface area contributed by atoms with Crippen LogP contribution in [0.5, 0.6) is 5.75 Å². The van der Waals surface area contributed by atoms with Gasteiger partial charge in [-0.05, 0) is 56.8 Å². The van der Waals surface area contributed by atoms with Crippen molar-refractivity contribution < 1.29 is 91.0 Å². The second-order valence-corrected chi connectivity index (χ2v) is 24.1. The van der Waals surface area contributed by atoms with Gasteiger partial charge in [0.25, 0.3) is 17.6 Å². The number of piperidine rings is 1. The van der Waals surface area contributed by atoms with Crippen LogP contribution in [-0.4, -0.2) is 343 Å². The quantitative estimate of drug-likeness (QED) is 0.0186. The number of allylic oxidation sites excluding steroid dienone is 1. The van der Waals surface area contributed by atoms with Gasteiger partial charge in [-0.3, -0.25) is 29.0 Å². The Kier molecular flexibility index (Phi) is 40.6. The van der Waals surface area contributed by atoms with E-state index in [9.17, 15) is 34.7 Å². The number of methoxy groups -OCH3 is 1. The van der Waals surface area contributed by atoms with Crippen LogP contribution in [0.2, 0.25) is 0 Å². The van der Waals surface area contributed by atoms with Crippen molar-refractivity contribution in [3.05, 3.63) is 83.5 Å². The second kappa shape index (κ2) is 50.3. The van der Waals surface area contributed by atoms with Gasteiger partial charge >= 0.3 is 0 Å². The lowest BCUT2D eigenvalue weighted by atomic mass is 9.93. The summed E-state index contributed by atoms with van der Waals surface area (Å²) in [5, 5.41) is 46.0. The summed E-state index contributed by atoms with van der Waals surface area (Å²) in [5.74, 6) is -1.44. The molecule has 4 N–H and O–H groups in total. The van der Waals surface area contributed by atoms with E-state index in [1.807, 2.05) is 36.5 Å². The van der Waals surface area contributed by atoms with Crippen LogP contribution in [0, 0.1) is 11.3 Å². The molecule has 0 spiro atoms. The van der Waals surface area contributed by atoms with Gasteiger partial charge in [-0.15, -0.1) is 10.2 Å². The van der Waals surface area contributed by atoms with Crippen LogP contribution in [0.1, 0.15) is 71.3 Å². The normalized spacial score (nSPS) is 13.8. The molecule has 0 radical (unpaired) electrons. The van der Waals surface area contributed by atoms with Gasteiger partial charge in [0, 0.05) is 71.5 Å². The number of aromatic amines is 1. The number of piperazine rings is 1. The van der Waals surface area contributed by atoms with Crippen molar-refractivity contribution in [1.82, 2.24) is 64.6 Å². The molecule has 2 amide bonds. The molecular weight excluding hydrogens is 1340 g/mol. The molecule has 2 aliphatic heterocycles. The number of nitrogens with zero attached hydrogens (tertiary/aromatic N) is 12. The Morgan fingerprint density at radius 1 is 0.650 bits per heavy atom. The van der Waals surface area contributed by atoms with Crippen molar-refractivity contribution in [2.24, 2.45) is 0 Å². The first-order valence-corrected chi connectivity index (χ1v) is 35.6. The lowest BCUT2D eigenvalue weighted by Gasteiger charge is -2.35. The Morgan fingerprint density at radius 3 is 1.72 bits per heavy atom. The molecule has 2 aliphatic rings. The highest BCUT2D eigenvalue weighted by atomic mass is 16.6. The highest BCUT2D eigenvalue weighted by molar-refractivity contribution is 6.45. The van der Waals surface area contributed by atoms with E-state index in [1.165, 1.54) is 35.4 Å². The van der Waals surface area contributed by atoms with Crippen molar-refractivity contribution in [3.8, 4) is 17.6 Å². The third-order valence-electron chi connectivity index (χ3n) is 16.8. The minimum absolute atomic E-state index is 0.0902. The van der Waals surface area contributed by atoms with E-state index in [4.69, 9.17) is 61.6 Å². The summed E-state index contributed by atoms with van der Waals surface area (Å²) >= 11 is 0.